The molecule has 0 heterocycles. The molecule has 3 aromatic carbocycles. The van der Waals surface area contributed by atoms with Crippen LogP contribution in [0.3, 0.4) is 0 Å². The molecule has 0 aliphatic carbocycles. The lowest BCUT2D eigenvalue weighted by Crippen LogP contribution is -2.25. The molecule has 0 radical (unpaired) electrons. The molecule has 0 unspecified atom stereocenters. The number of hydrazone groups is 1. The fourth-order valence-electron chi connectivity index (χ4n) is 3.08. The maximum Gasteiger partial charge on any atom is 0.343 e. The minimum atomic E-state index is -0.485. The van der Waals surface area contributed by atoms with Crippen molar-refractivity contribution in [3.8, 4) is 17.2 Å². The van der Waals surface area contributed by atoms with E-state index in [1.165, 1.54) is 13.3 Å². The Morgan fingerprint density at radius 1 is 0.939 bits per heavy atom. The van der Waals surface area contributed by atoms with E-state index in [2.05, 4.69) is 10.5 Å². The summed E-state index contributed by atoms with van der Waals surface area (Å²) in [6.07, 6.45) is 1.46. The summed E-state index contributed by atoms with van der Waals surface area (Å²) < 4.78 is 16.4. The molecule has 0 saturated carbocycles. The summed E-state index contributed by atoms with van der Waals surface area (Å²) in [5.74, 6) is 0.487. The number of amides is 1. The molecule has 1 amide bonds. The van der Waals surface area contributed by atoms with E-state index >= 15 is 0 Å². The van der Waals surface area contributed by atoms with Crippen molar-refractivity contribution in [3.63, 3.8) is 0 Å². The number of methoxy groups -OCH3 is 1. The average molecular weight is 447 g/mol. The second kappa shape index (κ2) is 10.9. The second-order valence-corrected chi connectivity index (χ2v) is 7.40. The molecule has 0 aromatic heterocycles. The van der Waals surface area contributed by atoms with Gasteiger partial charge in [0, 0.05) is 0 Å². The fraction of sp³-hybridized carbons (Fsp3) is 0.192. The van der Waals surface area contributed by atoms with Gasteiger partial charge in [-0.1, -0.05) is 30.3 Å². The molecule has 33 heavy (non-hydrogen) atoms. The van der Waals surface area contributed by atoms with Crippen LogP contribution in [0.15, 0.2) is 65.8 Å². The first-order chi connectivity index (χ1) is 15.9. The van der Waals surface area contributed by atoms with Crippen molar-refractivity contribution in [2.45, 2.75) is 20.8 Å². The molecule has 7 nitrogen and oxygen atoms in total. The molecule has 0 atom stereocenters. The van der Waals surface area contributed by atoms with Gasteiger partial charge in [0.25, 0.3) is 5.91 Å². The van der Waals surface area contributed by atoms with E-state index < -0.39 is 5.97 Å². The van der Waals surface area contributed by atoms with Gasteiger partial charge in [0.15, 0.2) is 18.1 Å². The maximum atomic E-state index is 12.3. The number of rotatable bonds is 8. The SMILES string of the molecule is COc1cc(C=NNC(=O)COc2c(C)ccc(C)c2C)ccc1OC(=O)c1ccccc1. The van der Waals surface area contributed by atoms with E-state index in [1.807, 2.05) is 39.0 Å². The number of carbonyl (C=O) groups is 2. The quantitative estimate of drug-likeness (QED) is 0.240. The van der Waals surface area contributed by atoms with Crippen LogP contribution >= 0.6 is 0 Å². The second-order valence-electron chi connectivity index (χ2n) is 7.40. The van der Waals surface area contributed by atoms with Gasteiger partial charge in [0.2, 0.25) is 0 Å². The number of hydrogen-bond acceptors (Lipinski definition) is 6. The number of hydrogen-bond donors (Lipinski definition) is 1. The van der Waals surface area contributed by atoms with Crippen LogP contribution in [0.25, 0.3) is 0 Å². The highest BCUT2D eigenvalue weighted by Gasteiger charge is 2.13. The van der Waals surface area contributed by atoms with Crippen LogP contribution in [0.4, 0.5) is 0 Å². The third-order valence-corrected chi connectivity index (χ3v) is 5.02. The summed E-state index contributed by atoms with van der Waals surface area (Å²) in [4.78, 5) is 24.4. The van der Waals surface area contributed by atoms with Crippen molar-refractivity contribution in [2.75, 3.05) is 13.7 Å². The molecule has 0 bridgehead atoms. The van der Waals surface area contributed by atoms with Crippen molar-refractivity contribution < 1.29 is 23.8 Å². The van der Waals surface area contributed by atoms with Crippen LogP contribution in [-0.2, 0) is 4.79 Å². The van der Waals surface area contributed by atoms with Crippen molar-refractivity contribution in [1.82, 2.24) is 5.43 Å². The van der Waals surface area contributed by atoms with Gasteiger partial charge in [-0.3, -0.25) is 4.79 Å². The average Bonchev–Trinajstić information content (AvgIpc) is 2.83. The van der Waals surface area contributed by atoms with Gasteiger partial charge in [-0.05, 0) is 73.4 Å². The zero-order valence-corrected chi connectivity index (χ0v) is 19.0. The van der Waals surface area contributed by atoms with Crippen LogP contribution in [0.5, 0.6) is 17.2 Å². The van der Waals surface area contributed by atoms with E-state index in [4.69, 9.17) is 14.2 Å². The third-order valence-electron chi connectivity index (χ3n) is 5.02. The predicted octanol–water partition coefficient (Wildman–Crippen LogP) is 4.37. The van der Waals surface area contributed by atoms with Crippen LogP contribution < -0.4 is 19.6 Å². The largest absolute Gasteiger partial charge is 0.493 e. The molecule has 7 heteroatoms. The Bertz CT molecular complexity index is 1170. The minimum Gasteiger partial charge on any atom is -0.493 e. The monoisotopic (exact) mass is 446 g/mol. The summed E-state index contributed by atoms with van der Waals surface area (Å²) in [6.45, 7) is 5.74. The minimum absolute atomic E-state index is 0.153. The number of nitrogens with one attached hydrogen (secondary N) is 1. The summed E-state index contributed by atoms with van der Waals surface area (Å²) >= 11 is 0. The molecule has 0 aliphatic heterocycles. The van der Waals surface area contributed by atoms with Gasteiger partial charge in [-0.15, -0.1) is 0 Å². The van der Waals surface area contributed by atoms with Gasteiger partial charge >= 0.3 is 5.97 Å². The van der Waals surface area contributed by atoms with Crippen LogP contribution in [0, 0.1) is 20.8 Å². The van der Waals surface area contributed by atoms with E-state index in [0.29, 0.717) is 22.6 Å². The Kier molecular flexibility index (Phi) is 7.81. The third kappa shape index (κ3) is 6.20. The van der Waals surface area contributed by atoms with E-state index in [9.17, 15) is 9.59 Å². The number of ether oxygens (including phenoxy) is 3. The Hall–Kier alpha value is -4.13. The Morgan fingerprint density at radius 2 is 1.67 bits per heavy atom. The molecule has 0 aliphatic rings. The van der Waals surface area contributed by atoms with Crippen molar-refractivity contribution in [2.24, 2.45) is 5.10 Å². The number of aryl methyl sites for hydroxylation is 2. The highest BCUT2D eigenvalue weighted by molar-refractivity contribution is 5.91. The van der Waals surface area contributed by atoms with Gasteiger partial charge in [-0.25, -0.2) is 10.2 Å². The lowest BCUT2D eigenvalue weighted by Gasteiger charge is -2.13. The Labute approximate surface area is 193 Å². The summed E-state index contributed by atoms with van der Waals surface area (Å²) in [6, 6.07) is 17.6. The number of carbonyl (C=O) groups excluding carboxylic acids is 2. The molecule has 170 valence electrons. The molecule has 0 saturated heterocycles. The van der Waals surface area contributed by atoms with E-state index in [1.54, 1.807) is 42.5 Å². The highest BCUT2D eigenvalue weighted by Crippen LogP contribution is 2.28. The van der Waals surface area contributed by atoms with Crippen molar-refractivity contribution in [1.29, 1.82) is 0 Å². The van der Waals surface area contributed by atoms with Crippen LogP contribution in [0.1, 0.15) is 32.6 Å². The zero-order valence-electron chi connectivity index (χ0n) is 19.0. The lowest BCUT2D eigenvalue weighted by molar-refractivity contribution is -0.123. The van der Waals surface area contributed by atoms with Crippen LogP contribution in [-0.4, -0.2) is 31.8 Å². The first-order valence-electron chi connectivity index (χ1n) is 10.4. The molecule has 0 spiro atoms. The Balaban J connectivity index is 1.58. The Morgan fingerprint density at radius 3 is 2.39 bits per heavy atom. The first-order valence-corrected chi connectivity index (χ1v) is 10.4. The fourth-order valence-corrected chi connectivity index (χ4v) is 3.08. The topological polar surface area (TPSA) is 86.2 Å². The molecule has 3 rings (SSSR count). The van der Waals surface area contributed by atoms with E-state index in [-0.39, 0.29) is 18.3 Å². The smallest absolute Gasteiger partial charge is 0.343 e. The van der Waals surface area contributed by atoms with Crippen LogP contribution in [0.2, 0.25) is 0 Å². The normalized spacial score (nSPS) is 10.7. The molecule has 3 aromatic rings. The molecule has 0 fully saturated rings. The lowest BCUT2D eigenvalue weighted by atomic mass is 10.1. The van der Waals surface area contributed by atoms with Crippen molar-refractivity contribution >= 4 is 18.1 Å². The summed E-state index contributed by atoms with van der Waals surface area (Å²) in [5, 5.41) is 3.96. The highest BCUT2D eigenvalue weighted by atomic mass is 16.6. The maximum absolute atomic E-state index is 12.3. The van der Waals surface area contributed by atoms with Crippen molar-refractivity contribution in [3.05, 3.63) is 88.5 Å². The van der Waals surface area contributed by atoms with E-state index in [0.717, 1.165) is 16.7 Å². The first kappa shape index (κ1) is 23.5. The molecule has 1 N–H and O–H groups in total. The number of benzene rings is 3. The van der Waals surface area contributed by atoms with Gasteiger partial charge < -0.3 is 14.2 Å². The molecular weight excluding hydrogens is 420 g/mol. The zero-order chi connectivity index (χ0) is 23.8. The number of nitrogens with zero attached hydrogens (tertiary/aromatic N) is 1. The molecular formula is C26H26N2O5. The summed E-state index contributed by atoms with van der Waals surface area (Å²) in [5.41, 5.74) is 6.60. The predicted molar refractivity (Wildman–Crippen MR) is 126 cm³/mol. The summed E-state index contributed by atoms with van der Waals surface area (Å²) in [7, 11) is 1.48. The van der Waals surface area contributed by atoms with Gasteiger partial charge in [0.05, 0.1) is 18.9 Å². The van der Waals surface area contributed by atoms with Gasteiger partial charge in [-0.2, -0.15) is 5.10 Å². The number of esters is 1. The van der Waals surface area contributed by atoms with Gasteiger partial charge in [0.1, 0.15) is 5.75 Å². The standard InChI is InChI=1S/C26H26N2O5/c1-17-10-11-18(2)25(19(17)3)32-16-24(29)28-27-15-20-12-13-22(23(14-20)31-4)33-26(30)21-8-6-5-7-9-21/h5-15H,16H2,1-4H3,(H,28,29).